The Hall–Kier alpha value is -1.15. The van der Waals surface area contributed by atoms with Gasteiger partial charge in [0.1, 0.15) is 0 Å². The Kier molecular flexibility index (Phi) is 5.36. The van der Waals surface area contributed by atoms with Gasteiger partial charge in [-0.1, -0.05) is 13.0 Å². The van der Waals surface area contributed by atoms with E-state index < -0.39 is 0 Å². The van der Waals surface area contributed by atoms with Gasteiger partial charge in [0.25, 0.3) is 0 Å². The molecule has 0 radical (unpaired) electrons. The maximum Gasteiger partial charge on any atom is 0.165 e. The molecule has 0 N–H and O–H groups in total. The van der Waals surface area contributed by atoms with Crippen molar-refractivity contribution < 1.29 is 9.53 Å². The summed E-state index contributed by atoms with van der Waals surface area (Å²) in [7, 11) is 0. The number of hydrogen-bond donors (Lipinski definition) is 0. The van der Waals surface area contributed by atoms with Crippen molar-refractivity contribution in [2.24, 2.45) is 0 Å². The molecule has 1 aromatic rings. The van der Waals surface area contributed by atoms with Crippen molar-refractivity contribution in [1.29, 1.82) is 0 Å². The smallest absolute Gasteiger partial charge is 0.165 e. The summed E-state index contributed by atoms with van der Waals surface area (Å²) < 4.78 is 5.35. The van der Waals surface area contributed by atoms with Gasteiger partial charge in [-0.05, 0) is 49.9 Å². The molecule has 0 saturated heterocycles. The van der Waals surface area contributed by atoms with Gasteiger partial charge in [0.05, 0.1) is 6.61 Å². The fourth-order valence-electron chi connectivity index (χ4n) is 1.81. The summed E-state index contributed by atoms with van der Waals surface area (Å²) in [5, 5.41) is 0. The molecule has 0 aliphatic carbocycles. The van der Waals surface area contributed by atoms with E-state index in [0.29, 0.717) is 13.0 Å². The summed E-state index contributed by atoms with van der Waals surface area (Å²) in [6, 6.07) is 4.07. The highest BCUT2D eigenvalue weighted by molar-refractivity contribution is 5.97. The molecule has 0 amide bonds. The lowest BCUT2D eigenvalue weighted by atomic mass is 9.97. The number of hydrogen-bond acceptors (Lipinski definition) is 2. The number of carbonyl (C=O) groups excluding carboxylic acids is 1. The number of aryl methyl sites for hydroxylation is 3. The third kappa shape index (κ3) is 3.97. The Morgan fingerprint density at radius 3 is 2.35 bits per heavy atom. The maximum atomic E-state index is 12.0. The predicted octanol–water partition coefficient (Wildman–Crippen LogP) is 3.61. The zero-order valence-electron chi connectivity index (χ0n) is 11.3. The minimum Gasteiger partial charge on any atom is -0.381 e. The molecule has 0 saturated carbocycles. The predicted molar refractivity (Wildman–Crippen MR) is 70.7 cm³/mol. The van der Waals surface area contributed by atoms with Crippen LogP contribution in [0.25, 0.3) is 0 Å². The molecule has 2 heteroatoms. The van der Waals surface area contributed by atoms with Gasteiger partial charge in [-0.15, -0.1) is 0 Å². The molecule has 1 aromatic carbocycles. The normalized spacial score (nSPS) is 10.6. The molecule has 1 rings (SSSR count). The van der Waals surface area contributed by atoms with Gasteiger partial charge in [0.15, 0.2) is 5.78 Å². The standard InChI is InChI=1S/C15H22O2/c1-5-7-17-8-6-15(16)14-10-12(3)11(2)9-13(14)4/h9-10H,5-8H2,1-4H3. The highest BCUT2D eigenvalue weighted by Crippen LogP contribution is 2.16. The molecule has 0 heterocycles. The molecular weight excluding hydrogens is 212 g/mol. The summed E-state index contributed by atoms with van der Waals surface area (Å²) in [6.45, 7) is 9.43. The Morgan fingerprint density at radius 1 is 1.06 bits per heavy atom. The quantitative estimate of drug-likeness (QED) is 0.555. The Balaban J connectivity index is 2.66. The van der Waals surface area contributed by atoms with Crippen molar-refractivity contribution in [2.75, 3.05) is 13.2 Å². The van der Waals surface area contributed by atoms with Crippen molar-refractivity contribution in [1.82, 2.24) is 0 Å². The highest BCUT2D eigenvalue weighted by Gasteiger charge is 2.10. The third-order valence-corrected chi connectivity index (χ3v) is 2.96. The van der Waals surface area contributed by atoms with E-state index in [1.165, 1.54) is 11.1 Å². The second kappa shape index (κ2) is 6.55. The van der Waals surface area contributed by atoms with Crippen LogP contribution in [0, 0.1) is 20.8 Å². The SMILES string of the molecule is CCCOCCC(=O)c1cc(C)c(C)cc1C. The Labute approximate surface area is 104 Å². The summed E-state index contributed by atoms with van der Waals surface area (Å²) in [4.78, 5) is 12.0. The largest absolute Gasteiger partial charge is 0.381 e. The summed E-state index contributed by atoms with van der Waals surface area (Å²) in [5.41, 5.74) is 4.32. The Bertz CT molecular complexity index is 394. The van der Waals surface area contributed by atoms with Gasteiger partial charge in [0.2, 0.25) is 0 Å². The Morgan fingerprint density at radius 2 is 1.71 bits per heavy atom. The van der Waals surface area contributed by atoms with Crippen LogP contribution in [-0.4, -0.2) is 19.0 Å². The first-order valence-electron chi connectivity index (χ1n) is 6.25. The van der Waals surface area contributed by atoms with Crippen molar-refractivity contribution in [2.45, 2.75) is 40.5 Å². The van der Waals surface area contributed by atoms with Gasteiger partial charge in [-0.25, -0.2) is 0 Å². The fourth-order valence-corrected chi connectivity index (χ4v) is 1.81. The number of ketones is 1. The molecule has 2 nitrogen and oxygen atoms in total. The molecule has 0 unspecified atom stereocenters. The fraction of sp³-hybridized carbons (Fsp3) is 0.533. The van der Waals surface area contributed by atoms with Gasteiger partial charge >= 0.3 is 0 Å². The van der Waals surface area contributed by atoms with Crippen molar-refractivity contribution in [3.63, 3.8) is 0 Å². The molecule has 0 bridgehead atoms. The number of benzene rings is 1. The van der Waals surface area contributed by atoms with E-state index in [2.05, 4.69) is 19.9 Å². The zero-order valence-corrected chi connectivity index (χ0v) is 11.3. The number of Topliss-reactive ketones (excluding diaryl/α,β-unsaturated/α-hetero) is 1. The summed E-state index contributed by atoms with van der Waals surface area (Å²) >= 11 is 0. The number of rotatable bonds is 6. The second-order valence-corrected chi connectivity index (χ2v) is 4.54. The molecule has 0 aromatic heterocycles. The van der Waals surface area contributed by atoms with Gasteiger partial charge < -0.3 is 4.74 Å². The van der Waals surface area contributed by atoms with E-state index in [1.54, 1.807) is 0 Å². The number of ether oxygens (including phenoxy) is 1. The summed E-state index contributed by atoms with van der Waals surface area (Å²) in [5.74, 6) is 0.182. The van der Waals surface area contributed by atoms with Gasteiger partial charge in [0, 0.05) is 18.6 Å². The average Bonchev–Trinajstić information content (AvgIpc) is 2.29. The molecular formula is C15H22O2. The average molecular weight is 234 g/mol. The number of carbonyl (C=O) groups is 1. The van der Waals surface area contributed by atoms with E-state index >= 15 is 0 Å². The minimum atomic E-state index is 0.182. The second-order valence-electron chi connectivity index (χ2n) is 4.54. The van der Waals surface area contributed by atoms with Crippen LogP contribution in [-0.2, 0) is 4.74 Å². The molecule has 0 spiro atoms. The zero-order chi connectivity index (χ0) is 12.8. The van der Waals surface area contributed by atoms with Gasteiger partial charge in [-0.3, -0.25) is 4.79 Å². The molecule has 17 heavy (non-hydrogen) atoms. The molecule has 94 valence electrons. The van der Waals surface area contributed by atoms with E-state index in [4.69, 9.17) is 4.74 Å². The molecule has 0 atom stereocenters. The van der Waals surface area contributed by atoms with Crippen LogP contribution < -0.4 is 0 Å². The summed E-state index contributed by atoms with van der Waals surface area (Å²) in [6.07, 6.45) is 1.47. The van der Waals surface area contributed by atoms with Crippen molar-refractivity contribution in [3.05, 3.63) is 34.4 Å². The van der Waals surface area contributed by atoms with Crippen LogP contribution in [0.15, 0.2) is 12.1 Å². The first-order valence-corrected chi connectivity index (χ1v) is 6.25. The van der Waals surface area contributed by atoms with E-state index in [-0.39, 0.29) is 5.78 Å². The van der Waals surface area contributed by atoms with Gasteiger partial charge in [-0.2, -0.15) is 0 Å². The van der Waals surface area contributed by atoms with Crippen LogP contribution in [0.2, 0.25) is 0 Å². The lowest BCUT2D eigenvalue weighted by Gasteiger charge is -2.09. The van der Waals surface area contributed by atoms with E-state index in [1.807, 2.05) is 19.9 Å². The minimum absolute atomic E-state index is 0.182. The van der Waals surface area contributed by atoms with Crippen molar-refractivity contribution >= 4 is 5.78 Å². The topological polar surface area (TPSA) is 26.3 Å². The lowest BCUT2D eigenvalue weighted by Crippen LogP contribution is -2.07. The lowest BCUT2D eigenvalue weighted by molar-refractivity contribution is 0.0878. The van der Waals surface area contributed by atoms with Crippen LogP contribution in [0.4, 0.5) is 0 Å². The monoisotopic (exact) mass is 234 g/mol. The van der Waals surface area contributed by atoms with Crippen LogP contribution in [0.3, 0.4) is 0 Å². The maximum absolute atomic E-state index is 12.0. The van der Waals surface area contributed by atoms with E-state index in [0.717, 1.165) is 24.2 Å². The van der Waals surface area contributed by atoms with Crippen LogP contribution in [0.5, 0.6) is 0 Å². The van der Waals surface area contributed by atoms with Crippen LogP contribution >= 0.6 is 0 Å². The van der Waals surface area contributed by atoms with Crippen LogP contribution in [0.1, 0.15) is 46.8 Å². The van der Waals surface area contributed by atoms with Crippen molar-refractivity contribution in [3.8, 4) is 0 Å². The first kappa shape index (κ1) is 13.9. The highest BCUT2D eigenvalue weighted by atomic mass is 16.5. The van der Waals surface area contributed by atoms with E-state index in [9.17, 15) is 4.79 Å². The molecule has 0 fully saturated rings. The third-order valence-electron chi connectivity index (χ3n) is 2.96. The molecule has 0 aliphatic heterocycles. The first-order chi connectivity index (χ1) is 8.06. The molecule has 0 aliphatic rings.